The van der Waals surface area contributed by atoms with E-state index in [0.29, 0.717) is 11.3 Å². The Balaban J connectivity index is 2.32. The predicted octanol–water partition coefficient (Wildman–Crippen LogP) is 2.22. The Kier molecular flexibility index (Phi) is 3.16. The number of hydrogen-bond donors (Lipinski definition) is 1. The van der Waals surface area contributed by atoms with Crippen LogP contribution in [-0.4, -0.2) is 16.9 Å². The summed E-state index contributed by atoms with van der Waals surface area (Å²) >= 11 is 1.47. The van der Waals surface area contributed by atoms with Crippen molar-refractivity contribution >= 4 is 29.1 Å². The molecular formula is C12H10N2O2S. The Hall–Kier alpha value is -1.80. The first-order valence-electron chi connectivity index (χ1n) is 5.13. The second kappa shape index (κ2) is 4.60. The molecule has 86 valence electrons. The van der Waals surface area contributed by atoms with Crippen molar-refractivity contribution in [3.05, 3.63) is 23.8 Å². The van der Waals surface area contributed by atoms with Gasteiger partial charge in [0.1, 0.15) is 0 Å². The van der Waals surface area contributed by atoms with Gasteiger partial charge in [-0.15, -0.1) is 11.8 Å². The summed E-state index contributed by atoms with van der Waals surface area (Å²) in [5.41, 5.74) is 1.11. The molecule has 0 bridgehead atoms. The summed E-state index contributed by atoms with van der Waals surface area (Å²) in [6.07, 6.45) is -0.143. The Morgan fingerprint density at radius 1 is 1.59 bits per heavy atom. The highest BCUT2D eigenvalue weighted by atomic mass is 32.2. The van der Waals surface area contributed by atoms with Crippen LogP contribution in [0.4, 0.5) is 5.69 Å². The fraction of sp³-hybridized carbons (Fsp3) is 0.250. The molecule has 1 heterocycles. The SMILES string of the molecule is CC1Sc2ccc(C(=O)CC#N)cc2NC1=O. The minimum absolute atomic E-state index is 0.0626. The number of Topliss-reactive ketones (excluding diaryl/α,β-unsaturated/α-hetero) is 1. The van der Waals surface area contributed by atoms with E-state index in [1.807, 2.05) is 13.0 Å². The highest BCUT2D eigenvalue weighted by Gasteiger charge is 2.23. The third-order valence-corrected chi connectivity index (χ3v) is 3.65. The van der Waals surface area contributed by atoms with E-state index in [2.05, 4.69) is 5.32 Å². The van der Waals surface area contributed by atoms with Crippen molar-refractivity contribution in [3.8, 4) is 6.07 Å². The van der Waals surface area contributed by atoms with Gasteiger partial charge in [-0.1, -0.05) is 6.07 Å². The molecule has 0 saturated carbocycles. The van der Waals surface area contributed by atoms with Crippen LogP contribution in [0.5, 0.6) is 0 Å². The maximum Gasteiger partial charge on any atom is 0.237 e. The van der Waals surface area contributed by atoms with Crippen LogP contribution in [0.3, 0.4) is 0 Å². The number of carbonyl (C=O) groups is 2. The van der Waals surface area contributed by atoms with Gasteiger partial charge in [0.2, 0.25) is 5.91 Å². The van der Waals surface area contributed by atoms with Gasteiger partial charge in [0.25, 0.3) is 0 Å². The first-order chi connectivity index (χ1) is 8.11. The molecule has 1 aliphatic heterocycles. The number of carbonyl (C=O) groups excluding carboxylic acids is 2. The highest BCUT2D eigenvalue weighted by Crippen LogP contribution is 2.36. The molecule has 4 nitrogen and oxygen atoms in total. The molecule has 0 saturated heterocycles. The molecule has 1 aromatic carbocycles. The van der Waals surface area contributed by atoms with Gasteiger partial charge in [-0.05, 0) is 19.1 Å². The lowest BCUT2D eigenvalue weighted by Crippen LogP contribution is -2.26. The molecule has 1 unspecified atom stereocenters. The number of benzene rings is 1. The maximum absolute atomic E-state index is 11.5. The summed E-state index contributed by atoms with van der Waals surface area (Å²) in [7, 11) is 0. The Morgan fingerprint density at radius 3 is 3.06 bits per heavy atom. The lowest BCUT2D eigenvalue weighted by molar-refractivity contribution is -0.115. The molecule has 0 aliphatic carbocycles. The van der Waals surface area contributed by atoms with E-state index < -0.39 is 0 Å². The molecule has 1 N–H and O–H groups in total. The van der Waals surface area contributed by atoms with Crippen molar-refractivity contribution < 1.29 is 9.59 Å². The van der Waals surface area contributed by atoms with Crippen LogP contribution >= 0.6 is 11.8 Å². The molecule has 1 aromatic rings. The summed E-state index contributed by atoms with van der Waals surface area (Å²) in [4.78, 5) is 24.0. The number of nitrogens with one attached hydrogen (secondary N) is 1. The molecule has 1 atom stereocenters. The topological polar surface area (TPSA) is 70.0 Å². The van der Waals surface area contributed by atoms with E-state index in [-0.39, 0.29) is 23.4 Å². The van der Waals surface area contributed by atoms with Crippen LogP contribution in [-0.2, 0) is 4.79 Å². The normalized spacial score (nSPS) is 17.9. The number of amides is 1. The van der Waals surface area contributed by atoms with E-state index in [1.54, 1.807) is 18.2 Å². The molecule has 5 heteroatoms. The second-order valence-electron chi connectivity index (χ2n) is 3.72. The summed E-state index contributed by atoms with van der Waals surface area (Å²) in [5.74, 6) is -0.291. The van der Waals surface area contributed by atoms with Crippen molar-refractivity contribution in [2.24, 2.45) is 0 Å². The number of fused-ring (bicyclic) bond motifs is 1. The molecule has 17 heavy (non-hydrogen) atoms. The fourth-order valence-electron chi connectivity index (χ4n) is 1.56. The maximum atomic E-state index is 11.5. The smallest absolute Gasteiger partial charge is 0.237 e. The average molecular weight is 246 g/mol. The first-order valence-corrected chi connectivity index (χ1v) is 6.01. The van der Waals surface area contributed by atoms with E-state index >= 15 is 0 Å². The lowest BCUT2D eigenvalue weighted by atomic mass is 10.1. The van der Waals surface area contributed by atoms with Crippen LogP contribution in [0, 0.1) is 11.3 Å². The number of ketones is 1. The third-order valence-electron chi connectivity index (χ3n) is 2.47. The number of anilines is 1. The Labute approximate surface area is 103 Å². The Morgan fingerprint density at radius 2 is 2.35 bits per heavy atom. The van der Waals surface area contributed by atoms with Gasteiger partial charge in [0.15, 0.2) is 5.78 Å². The van der Waals surface area contributed by atoms with Gasteiger partial charge >= 0.3 is 0 Å². The monoisotopic (exact) mass is 246 g/mol. The molecule has 0 radical (unpaired) electrons. The van der Waals surface area contributed by atoms with Gasteiger partial charge < -0.3 is 5.32 Å². The third kappa shape index (κ3) is 2.32. The standard InChI is InChI=1S/C12H10N2O2S/c1-7-12(16)14-9-6-8(10(15)4-5-13)2-3-11(9)17-7/h2-3,6-7H,4H2,1H3,(H,14,16). The van der Waals surface area contributed by atoms with Crippen LogP contribution in [0.25, 0.3) is 0 Å². The van der Waals surface area contributed by atoms with Crippen LogP contribution in [0.15, 0.2) is 23.1 Å². The van der Waals surface area contributed by atoms with Gasteiger partial charge in [0, 0.05) is 10.5 Å². The van der Waals surface area contributed by atoms with Crippen LogP contribution in [0.2, 0.25) is 0 Å². The molecular weight excluding hydrogens is 236 g/mol. The molecule has 0 fully saturated rings. The zero-order valence-electron chi connectivity index (χ0n) is 9.19. The number of nitrogens with zero attached hydrogens (tertiary/aromatic N) is 1. The number of hydrogen-bond acceptors (Lipinski definition) is 4. The van der Waals surface area contributed by atoms with Crippen molar-refractivity contribution in [3.63, 3.8) is 0 Å². The minimum Gasteiger partial charge on any atom is -0.324 e. The lowest BCUT2D eigenvalue weighted by Gasteiger charge is -2.21. The van der Waals surface area contributed by atoms with Gasteiger partial charge in [0.05, 0.1) is 23.4 Å². The minimum atomic E-state index is -0.229. The van der Waals surface area contributed by atoms with Gasteiger partial charge in [-0.25, -0.2) is 0 Å². The van der Waals surface area contributed by atoms with Gasteiger partial charge in [-0.3, -0.25) is 9.59 Å². The zero-order chi connectivity index (χ0) is 12.4. The fourth-order valence-corrected chi connectivity index (χ4v) is 2.49. The molecule has 2 rings (SSSR count). The second-order valence-corrected chi connectivity index (χ2v) is 5.10. The molecule has 0 aromatic heterocycles. The quantitative estimate of drug-likeness (QED) is 0.812. The number of nitriles is 1. The van der Waals surface area contributed by atoms with Crippen molar-refractivity contribution in [2.75, 3.05) is 5.32 Å². The summed E-state index contributed by atoms with van der Waals surface area (Å²) in [5, 5.41) is 11.1. The number of thioether (sulfide) groups is 1. The summed E-state index contributed by atoms with van der Waals surface area (Å²) < 4.78 is 0. The van der Waals surface area contributed by atoms with Crippen LogP contribution < -0.4 is 5.32 Å². The van der Waals surface area contributed by atoms with Gasteiger partial charge in [-0.2, -0.15) is 5.26 Å². The van der Waals surface area contributed by atoms with Crippen molar-refractivity contribution in [2.45, 2.75) is 23.5 Å². The highest BCUT2D eigenvalue weighted by molar-refractivity contribution is 8.00. The van der Waals surface area contributed by atoms with E-state index in [9.17, 15) is 9.59 Å². The summed E-state index contributed by atoms with van der Waals surface area (Å²) in [6.45, 7) is 1.83. The largest absolute Gasteiger partial charge is 0.324 e. The van der Waals surface area contributed by atoms with Crippen molar-refractivity contribution in [1.29, 1.82) is 5.26 Å². The molecule has 1 aliphatic rings. The summed E-state index contributed by atoms with van der Waals surface area (Å²) in [6, 6.07) is 6.95. The van der Waals surface area contributed by atoms with E-state index in [0.717, 1.165) is 4.90 Å². The first kappa shape index (κ1) is 11.7. The number of rotatable bonds is 2. The van der Waals surface area contributed by atoms with Crippen molar-refractivity contribution in [1.82, 2.24) is 0 Å². The Bertz CT molecular complexity index is 534. The average Bonchev–Trinajstić information content (AvgIpc) is 2.30. The van der Waals surface area contributed by atoms with E-state index in [4.69, 9.17) is 5.26 Å². The van der Waals surface area contributed by atoms with E-state index in [1.165, 1.54) is 11.8 Å². The predicted molar refractivity (Wildman–Crippen MR) is 65.0 cm³/mol. The van der Waals surface area contributed by atoms with Crippen LogP contribution in [0.1, 0.15) is 23.7 Å². The zero-order valence-corrected chi connectivity index (χ0v) is 10.0. The molecule has 1 amide bonds. The molecule has 0 spiro atoms.